The number of hydrogen-bond donors (Lipinski definition) is 1. The molecule has 1 unspecified atom stereocenters. The summed E-state index contributed by atoms with van der Waals surface area (Å²) >= 11 is 0. The summed E-state index contributed by atoms with van der Waals surface area (Å²) in [7, 11) is -0.233. The Balaban J connectivity index is 2.76. The fourth-order valence-corrected chi connectivity index (χ4v) is 1.02. The average molecular weight is 115 g/mol. The minimum atomic E-state index is -0.233. The summed E-state index contributed by atoms with van der Waals surface area (Å²) in [5, 5.41) is 1.75. The zero-order valence-electron chi connectivity index (χ0n) is 3.68. The van der Waals surface area contributed by atoms with Gasteiger partial charge in [-0.2, -0.15) is 0 Å². The molecule has 1 N–H and O–H groups in total. The Labute approximate surface area is 44.3 Å². The van der Waals surface area contributed by atoms with E-state index in [-0.39, 0.29) is 16.6 Å². The number of hydrogen-bond acceptors (Lipinski definition) is 1. The van der Waals surface area contributed by atoms with Gasteiger partial charge in [-0.15, -0.1) is 0 Å². The Kier molecular flexibility index (Phi) is 0.982. The Morgan fingerprint density at radius 3 is 2.71 bits per heavy atom. The van der Waals surface area contributed by atoms with Crippen LogP contribution in [0.5, 0.6) is 0 Å². The molecule has 0 bridgehead atoms. The van der Waals surface area contributed by atoms with Crippen molar-refractivity contribution >= 4 is 22.4 Å². The number of carbonyl (C=O) groups excluding carboxylic acids is 1. The first kappa shape index (κ1) is 4.59. The van der Waals surface area contributed by atoms with Crippen LogP contribution in [0.1, 0.15) is 0 Å². The zero-order chi connectivity index (χ0) is 5.28. The zero-order valence-corrected chi connectivity index (χ0v) is 4.49. The van der Waals surface area contributed by atoms with Crippen molar-refractivity contribution < 1.29 is 4.79 Å². The van der Waals surface area contributed by atoms with E-state index in [9.17, 15) is 4.79 Å². The van der Waals surface area contributed by atoms with Crippen LogP contribution < -0.4 is 4.72 Å². The lowest BCUT2D eigenvalue weighted by molar-refractivity contribution is -0.114. The summed E-state index contributed by atoms with van der Waals surface area (Å²) in [6, 6.07) is 0. The second kappa shape index (κ2) is 1.50. The molecule has 0 aromatic carbocycles. The molecule has 1 atom stereocenters. The van der Waals surface area contributed by atoms with Crippen molar-refractivity contribution in [2.75, 3.05) is 0 Å². The second-order valence-corrected chi connectivity index (χ2v) is 2.53. The van der Waals surface area contributed by atoms with E-state index in [1.807, 2.05) is 0 Å². The molecular weight excluding hydrogens is 110 g/mol. The van der Waals surface area contributed by atoms with E-state index in [0.717, 1.165) is 0 Å². The van der Waals surface area contributed by atoms with Crippen molar-refractivity contribution in [2.24, 2.45) is 0 Å². The standard InChI is InChI=1S/C4H5NOS/c1-7-3-2-4(6)5-7/h2-3H,1H2,(H,5,6). The maximum absolute atomic E-state index is 10.2. The maximum Gasteiger partial charge on any atom is 0.254 e. The Morgan fingerprint density at radius 1 is 1.86 bits per heavy atom. The van der Waals surface area contributed by atoms with Gasteiger partial charge in [0.25, 0.3) is 5.91 Å². The lowest BCUT2D eigenvalue weighted by Gasteiger charge is -1.88. The number of rotatable bonds is 0. The number of carbonyl (C=O) groups is 1. The van der Waals surface area contributed by atoms with Crippen LogP contribution in [-0.2, 0) is 4.79 Å². The molecule has 0 spiro atoms. The van der Waals surface area contributed by atoms with Gasteiger partial charge >= 0.3 is 0 Å². The van der Waals surface area contributed by atoms with Crippen molar-refractivity contribution in [3.05, 3.63) is 11.5 Å². The molecule has 2 nitrogen and oxygen atoms in total. The monoisotopic (exact) mass is 115 g/mol. The topological polar surface area (TPSA) is 29.1 Å². The minimum Gasteiger partial charge on any atom is -0.299 e. The van der Waals surface area contributed by atoms with Crippen LogP contribution in [0, 0.1) is 0 Å². The molecule has 1 aliphatic rings. The summed E-state index contributed by atoms with van der Waals surface area (Å²) in [5.74, 6) is 3.57. The molecule has 0 aromatic heterocycles. The van der Waals surface area contributed by atoms with Gasteiger partial charge in [-0.05, 0) is 5.41 Å². The van der Waals surface area contributed by atoms with Gasteiger partial charge < -0.3 is 0 Å². The van der Waals surface area contributed by atoms with Gasteiger partial charge in [-0.3, -0.25) is 9.52 Å². The van der Waals surface area contributed by atoms with Gasteiger partial charge in [0.1, 0.15) is 0 Å². The van der Waals surface area contributed by atoms with Crippen LogP contribution in [-0.4, -0.2) is 11.8 Å². The van der Waals surface area contributed by atoms with E-state index in [1.54, 1.807) is 5.41 Å². The first-order chi connectivity index (χ1) is 3.29. The Hall–Kier alpha value is -0.570. The number of amides is 1. The highest BCUT2D eigenvalue weighted by atomic mass is 32.2. The summed E-state index contributed by atoms with van der Waals surface area (Å²) in [5.41, 5.74) is 0. The SMILES string of the molecule is C=S1C=CC(=O)N1. The maximum atomic E-state index is 10.2. The predicted octanol–water partition coefficient (Wildman–Crippen LogP) is 0.246. The quantitative estimate of drug-likeness (QED) is 0.450. The van der Waals surface area contributed by atoms with Gasteiger partial charge in [0.2, 0.25) is 0 Å². The molecule has 0 saturated heterocycles. The summed E-state index contributed by atoms with van der Waals surface area (Å²) in [6.07, 6.45) is 1.50. The first-order valence-electron chi connectivity index (χ1n) is 1.80. The smallest absolute Gasteiger partial charge is 0.254 e. The third-order valence-electron chi connectivity index (χ3n) is 0.615. The molecule has 38 valence electrons. The molecule has 0 saturated carbocycles. The summed E-state index contributed by atoms with van der Waals surface area (Å²) in [4.78, 5) is 10.2. The summed E-state index contributed by atoms with van der Waals surface area (Å²) < 4.78 is 2.58. The summed E-state index contributed by atoms with van der Waals surface area (Å²) in [6.45, 7) is 0. The largest absolute Gasteiger partial charge is 0.299 e. The molecule has 0 aromatic rings. The van der Waals surface area contributed by atoms with Crippen molar-refractivity contribution in [2.45, 2.75) is 0 Å². The molecule has 0 fully saturated rings. The van der Waals surface area contributed by atoms with E-state index in [4.69, 9.17) is 0 Å². The van der Waals surface area contributed by atoms with Gasteiger partial charge in [0.15, 0.2) is 0 Å². The van der Waals surface area contributed by atoms with E-state index in [2.05, 4.69) is 10.6 Å². The highest BCUT2D eigenvalue weighted by molar-refractivity contribution is 8.15. The van der Waals surface area contributed by atoms with E-state index >= 15 is 0 Å². The molecule has 1 amide bonds. The van der Waals surface area contributed by atoms with Crippen LogP contribution in [0.25, 0.3) is 0 Å². The van der Waals surface area contributed by atoms with Gasteiger partial charge in [-0.25, -0.2) is 0 Å². The van der Waals surface area contributed by atoms with Crippen LogP contribution >= 0.6 is 10.7 Å². The molecule has 0 radical (unpaired) electrons. The van der Waals surface area contributed by atoms with Crippen molar-refractivity contribution in [3.8, 4) is 0 Å². The van der Waals surface area contributed by atoms with Crippen LogP contribution in [0.15, 0.2) is 11.5 Å². The lowest BCUT2D eigenvalue weighted by Crippen LogP contribution is -2.06. The third-order valence-corrected chi connectivity index (χ3v) is 1.54. The Morgan fingerprint density at radius 2 is 2.57 bits per heavy atom. The fourth-order valence-electron chi connectivity index (χ4n) is 0.341. The molecule has 1 rings (SSSR count). The van der Waals surface area contributed by atoms with Crippen LogP contribution in [0.3, 0.4) is 0 Å². The molecule has 7 heavy (non-hydrogen) atoms. The molecule has 1 aliphatic heterocycles. The molecule has 0 aliphatic carbocycles. The number of nitrogens with one attached hydrogen (secondary N) is 1. The molecule has 1 heterocycles. The third kappa shape index (κ3) is 0.899. The Bertz CT molecular complexity index is 134. The molecule has 3 heteroatoms. The minimum absolute atomic E-state index is 0.0293. The van der Waals surface area contributed by atoms with E-state index in [0.29, 0.717) is 0 Å². The average Bonchev–Trinajstić information content (AvgIpc) is 1.87. The second-order valence-electron chi connectivity index (χ2n) is 1.20. The van der Waals surface area contributed by atoms with E-state index < -0.39 is 0 Å². The lowest BCUT2D eigenvalue weighted by atomic mass is 10.6. The first-order valence-corrected chi connectivity index (χ1v) is 3.26. The van der Waals surface area contributed by atoms with Gasteiger partial charge in [-0.1, -0.05) is 16.5 Å². The highest BCUT2D eigenvalue weighted by Gasteiger charge is 1.99. The van der Waals surface area contributed by atoms with Gasteiger partial charge in [0.05, 0.1) is 0 Å². The van der Waals surface area contributed by atoms with Crippen LogP contribution in [0.4, 0.5) is 0 Å². The normalized spacial score (nSPS) is 28.0. The van der Waals surface area contributed by atoms with Crippen molar-refractivity contribution in [1.29, 1.82) is 0 Å². The fraction of sp³-hybridized carbons (Fsp3) is 0. The predicted molar refractivity (Wildman–Crippen MR) is 32.0 cm³/mol. The van der Waals surface area contributed by atoms with E-state index in [1.165, 1.54) is 6.08 Å². The van der Waals surface area contributed by atoms with Gasteiger partial charge in [0, 0.05) is 6.08 Å². The molecular formula is C4H5NOS. The highest BCUT2D eigenvalue weighted by Crippen LogP contribution is 2.09. The van der Waals surface area contributed by atoms with Crippen molar-refractivity contribution in [3.63, 3.8) is 0 Å². The van der Waals surface area contributed by atoms with Crippen molar-refractivity contribution in [1.82, 2.24) is 4.72 Å². The van der Waals surface area contributed by atoms with Crippen LogP contribution in [0.2, 0.25) is 0 Å².